The van der Waals surface area contributed by atoms with E-state index >= 15 is 0 Å². The van der Waals surface area contributed by atoms with Gasteiger partial charge in [-0.3, -0.25) is 0 Å². The van der Waals surface area contributed by atoms with Crippen LogP contribution in [0.3, 0.4) is 0 Å². The highest BCUT2D eigenvalue weighted by molar-refractivity contribution is 7.05. The third-order valence-electron chi connectivity index (χ3n) is 1.86. The summed E-state index contributed by atoms with van der Waals surface area (Å²) < 4.78 is 4.17. The lowest BCUT2D eigenvalue weighted by Crippen LogP contribution is -2.09. The van der Waals surface area contributed by atoms with Crippen molar-refractivity contribution in [3.8, 4) is 0 Å². The zero-order chi connectivity index (χ0) is 9.68. The average Bonchev–Trinajstić information content (AvgIpc) is 2.52. The fourth-order valence-electron chi connectivity index (χ4n) is 1.15. The molecule has 0 aliphatic heterocycles. The molecule has 0 radical (unpaired) electrons. The van der Waals surface area contributed by atoms with E-state index in [9.17, 15) is 5.11 Å². The number of aryl methyl sites for hydroxylation is 1. The van der Waals surface area contributed by atoms with Gasteiger partial charge in [0.15, 0.2) is 0 Å². The summed E-state index contributed by atoms with van der Waals surface area (Å²) in [5, 5.41) is 10.5. The molecule has 0 fully saturated rings. The minimum Gasteiger partial charge on any atom is -0.393 e. The van der Waals surface area contributed by atoms with Crippen LogP contribution in [-0.4, -0.2) is 20.6 Å². The Kier molecular flexibility index (Phi) is 4.32. The summed E-state index contributed by atoms with van der Waals surface area (Å²) in [6, 6.07) is 0. The van der Waals surface area contributed by atoms with Gasteiger partial charge in [-0.25, -0.2) is 4.98 Å². The Balaban J connectivity index is 2.44. The van der Waals surface area contributed by atoms with Gasteiger partial charge in [0.05, 0.1) is 6.10 Å². The number of aliphatic hydroxyl groups excluding tert-OH is 1. The predicted molar refractivity (Wildman–Crippen MR) is 53.9 cm³/mol. The van der Waals surface area contributed by atoms with E-state index in [2.05, 4.69) is 16.3 Å². The second-order valence-corrected chi connectivity index (χ2v) is 3.94. The molecule has 1 N–H and O–H groups in total. The molecule has 0 saturated carbocycles. The highest BCUT2D eigenvalue weighted by Gasteiger charge is 2.08. The number of hydrogen-bond donors (Lipinski definition) is 1. The van der Waals surface area contributed by atoms with Crippen molar-refractivity contribution >= 4 is 11.5 Å². The van der Waals surface area contributed by atoms with E-state index in [1.807, 2.05) is 6.92 Å². The first-order chi connectivity index (χ1) is 6.26. The first-order valence-corrected chi connectivity index (χ1v) is 5.53. The maximum absolute atomic E-state index is 9.52. The molecule has 1 rings (SSSR count). The van der Waals surface area contributed by atoms with Gasteiger partial charge in [0.1, 0.15) is 10.8 Å². The molecule has 0 spiro atoms. The molecular formula is C9H16N2OS. The fraction of sp³-hybridized carbons (Fsp3) is 0.778. The van der Waals surface area contributed by atoms with Gasteiger partial charge >= 0.3 is 0 Å². The summed E-state index contributed by atoms with van der Waals surface area (Å²) in [4.78, 5) is 4.30. The summed E-state index contributed by atoms with van der Waals surface area (Å²) in [6.45, 7) is 4.11. The van der Waals surface area contributed by atoms with Crippen LogP contribution in [0.1, 0.15) is 37.5 Å². The van der Waals surface area contributed by atoms with E-state index in [0.717, 1.165) is 30.1 Å². The lowest BCUT2D eigenvalue weighted by atomic mass is 10.1. The minimum absolute atomic E-state index is 0.248. The van der Waals surface area contributed by atoms with Gasteiger partial charge in [0.2, 0.25) is 0 Å². The van der Waals surface area contributed by atoms with Crippen LogP contribution in [0.4, 0.5) is 0 Å². The average molecular weight is 200 g/mol. The zero-order valence-corrected chi connectivity index (χ0v) is 8.97. The number of nitrogens with zero attached hydrogens (tertiary/aromatic N) is 2. The van der Waals surface area contributed by atoms with Crippen molar-refractivity contribution in [1.82, 2.24) is 9.36 Å². The molecule has 0 aliphatic rings. The van der Waals surface area contributed by atoms with Crippen molar-refractivity contribution in [1.29, 1.82) is 0 Å². The third kappa shape index (κ3) is 3.40. The van der Waals surface area contributed by atoms with Gasteiger partial charge in [-0.1, -0.05) is 20.3 Å². The van der Waals surface area contributed by atoms with Crippen LogP contribution in [0.5, 0.6) is 0 Å². The van der Waals surface area contributed by atoms with Gasteiger partial charge in [-0.15, -0.1) is 0 Å². The molecule has 0 aliphatic carbocycles. The van der Waals surface area contributed by atoms with Crippen LogP contribution in [0, 0.1) is 0 Å². The summed E-state index contributed by atoms with van der Waals surface area (Å²) in [6.07, 6.45) is 3.15. The third-order valence-corrected chi connectivity index (χ3v) is 2.63. The molecule has 13 heavy (non-hydrogen) atoms. The van der Waals surface area contributed by atoms with E-state index in [1.54, 1.807) is 0 Å². The predicted octanol–water partition coefficient (Wildman–Crippen LogP) is 1.80. The topological polar surface area (TPSA) is 46.0 Å². The second kappa shape index (κ2) is 5.29. The SMILES string of the molecule is CCCC(O)Cc1nc(CC)ns1. The van der Waals surface area contributed by atoms with Gasteiger partial charge in [-0.2, -0.15) is 4.37 Å². The lowest BCUT2D eigenvalue weighted by molar-refractivity contribution is 0.164. The van der Waals surface area contributed by atoms with Crippen molar-refractivity contribution < 1.29 is 5.11 Å². The quantitative estimate of drug-likeness (QED) is 0.788. The van der Waals surface area contributed by atoms with Gasteiger partial charge in [0.25, 0.3) is 0 Å². The smallest absolute Gasteiger partial charge is 0.142 e. The fourth-order valence-corrected chi connectivity index (χ4v) is 1.95. The Morgan fingerprint density at radius 1 is 1.46 bits per heavy atom. The van der Waals surface area contributed by atoms with Crippen LogP contribution < -0.4 is 0 Å². The van der Waals surface area contributed by atoms with E-state index < -0.39 is 0 Å². The van der Waals surface area contributed by atoms with Crippen molar-refractivity contribution in [3.63, 3.8) is 0 Å². The first kappa shape index (κ1) is 10.6. The molecule has 1 heterocycles. The van der Waals surface area contributed by atoms with Gasteiger partial charge in [0, 0.05) is 12.8 Å². The molecule has 1 aromatic heterocycles. The van der Waals surface area contributed by atoms with Gasteiger partial charge < -0.3 is 5.11 Å². The van der Waals surface area contributed by atoms with Crippen LogP contribution >= 0.6 is 11.5 Å². The lowest BCUT2D eigenvalue weighted by Gasteiger charge is -2.04. The molecule has 3 nitrogen and oxygen atoms in total. The second-order valence-electron chi connectivity index (χ2n) is 3.10. The Morgan fingerprint density at radius 2 is 2.23 bits per heavy atom. The Bertz CT molecular complexity index is 250. The van der Waals surface area contributed by atoms with Crippen molar-refractivity contribution in [2.45, 2.75) is 45.6 Å². The van der Waals surface area contributed by atoms with Crippen molar-refractivity contribution in [2.75, 3.05) is 0 Å². The molecular weight excluding hydrogens is 184 g/mol. The molecule has 1 atom stereocenters. The zero-order valence-electron chi connectivity index (χ0n) is 8.16. The molecule has 1 aromatic rings. The van der Waals surface area contributed by atoms with Crippen LogP contribution in [0.25, 0.3) is 0 Å². The summed E-state index contributed by atoms with van der Waals surface area (Å²) in [5.41, 5.74) is 0. The maximum atomic E-state index is 9.52. The number of rotatable bonds is 5. The first-order valence-electron chi connectivity index (χ1n) is 4.75. The summed E-state index contributed by atoms with van der Waals surface area (Å²) in [7, 11) is 0. The molecule has 0 saturated heterocycles. The van der Waals surface area contributed by atoms with Crippen LogP contribution in [0.2, 0.25) is 0 Å². The number of hydrogen-bond acceptors (Lipinski definition) is 4. The Hall–Kier alpha value is -0.480. The molecule has 0 aromatic carbocycles. The maximum Gasteiger partial charge on any atom is 0.142 e. The summed E-state index contributed by atoms with van der Waals surface area (Å²) >= 11 is 1.41. The van der Waals surface area contributed by atoms with Crippen LogP contribution in [-0.2, 0) is 12.8 Å². The molecule has 0 bridgehead atoms. The monoisotopic (exact) mass is 200 g/mol. The molecule has 0 amide bonds. The number of aromatic nitrogens is 2. The molecule has 4 heteroatoms. The molecule has 74 valence electrons. The molecule has 1 unspecified atom stereocenters. The standard InChI is InChI=1S/C9H16N2OS/c1-3-5-7(12)6-9-10-8(4-2)11-13-9/h7,12H,3-6H2,1-2H3. The van der Waals surface area contributed by atoms with Crippen molar-refractivity contribution in [3.05, 3.63) is 10.8 Å². The van der Waals surface area contributed by atoms with Crippen LogP contribution in [0.15, 0.2) is 0 Å². The van der Waals surface area contributed by atoms with E-state index in [1.165, 1.54) is 11.5 Å². The van der Waals surface area contributed by atoms with E-state index in [-0.39, 0.29) is 6.10 Å². The Labute approximate surface area is 83.0 Å². The highest BCUT2D eigenvalue weighted by atomic mass is 32.1. The summed E-state index contributed by atoms with van der Waals surface area (Å²) in [5.74, 6) is 0.892. The van der Waals surface area contributed by atoms with Gasteiger partial charge in [-0.05, 0) is 18.0 Å². The normalized spacial score (nSPS) is 13.2. The Morgan fingerprint density at radius 3 is 2.77 bits per heavy atom. The highest BCUT2D eigenvalue weighted by Crippen LogP contribution is 2.10. The largest absolute Gasteiger partial charge is 0.393 e. The van der Waals surface area contributed by atoms with E-state index in [4.69, 9.17) is 0 Å². The minimum atomic E-state index is -0.248. The number of aliphatic hydroxyl groups is 1. The van der Waals surface area contributed by atoms with Crippen molar-refractivity contribution in [2.24, 2.45) is 0 Å². The van der Waals surface area contributed by atoms with E-state index in [0.29, 0.717) is 6.42 Å².